The summed E-state index contributed by atoms with van der Waals surface area (Å²) in [6.45, 7) is 7.86. The molecule has 21 heavy (non-hydrogen) atoms. The molecule has 0 aliphatic rings. The topological polar surface area (TPSA) is 49.8 Å². The Bertz CT molecular complexity index is 463. The summed E-state index contributed by atoms with van der Waals surface area (Å²) >= 11 is 0. The Balaban J connectivity index is 2.88. The van der Waals surface area contributed by atoms with E-state index in [1.807, 2.05) is 58.0 Å². The smallest absolute Gasteiger partial charge is 0.411 e. The van der Waals surface area contributed by atoms with E-state index in [0.717, 1.165) is 5.56 Å². The van der Waals surface area contributed by atoms with Gasteiger partial charge in [-0.15, -0.1) is 0 Å². The molecule has 4 heteroatoms. The van der Waals surface area contributed by atoms with Gasteiger partial charge in [-0.1, -0.05) is 42.5 Å². The molecule has 0 bridgehead atoms. The maximum Gasteiger partial charge on any atom is 0.411 e. The Morgan fingerprint density at radius 3 is 2.48 bits per heavy atom. The van der Waals surface area contributed by atoms with E-state index >= 15 is 0 Å². The molecule has 0 spiro atoms. The van der Waals surface area contributed by atoms with Crippen molar-refractivity contribution in [3.05, 3.63) is 48.0 Å². The minimum absolute atomic E-state index is 0.0438. The lowest BCUT2D eigenvalue weighted by molar-refractivity contribution is 0.0193. The number of amides is 1. The predicted octanol–water partition coefficient (Wildman–Crippen LogP) is 3.36. The highest BCUT2D eigenvalue weighted by Gasteiger charge is 2.25. The number of aliphatic hydroxyl groups excluding tert-OH is 1. The van der Waals surface area contributed by atoms with Gasteiger partial charge in [-0.2, -0.15) is 0 Å². The van der Waals surface area contributed by atoms with Crippen LogP contribution in [0.25, 0.3) is 0 Å². The first kappa shape index (κ1) is 17.2. The molecule has 0 aliphatic carbocycles. The average molecular weight is 291 g/mol. The summed E-state index contributed by atoms with van der Waals surface area (Å²) in [7, 11) is 0. The second-order valence-electron chi connectivity index (χ2n) is 5.95. The monoisotopic (exact) mass is 291 g/mol. The number of nitrogens with zero attached hydrogens (tertiary/aromatic N) is 1. The number of benzene rings is 1. The van der Waals surface area contributed by atoms with Crippen LogP contribution in [-0.2, 0) is 11.3 Å². The summed E-state index contributed by atoms with van der Waals surface area (Å²) in [6.07, 6.45) is 3.07. The van der Waals surface area contributed by atoms with Crippen LogP contribution in [0, 0.1) is 0 Å². The van der Waals surface area contributed by atoms with Crippen molar-refractivity contribution in [2.24, 2.45) is 0 Å². The summed E-state index contributed by atoms with van der Waals surface area (Å²) in [4.78, 5) is 14.0. The number of aliphatic hydroxyl groups is 1. The Labute approximate surface area is 127 Å². The van der Waals surface area contributed by atoms with Crippen molar-refractivity contribution >= 4 is 6.09 Å². The molecule has 0 aliphatic heterocycles. The average Bonchev–Trinajstić information content (AvgIpc) is 2.41. The molecule has 0 saturated heterocycles. The third kappa shape index (κ3) is 6.45. The lowest BCUT2D eigenvalue weighted by Crippen LogP contribution is -2.41. The normalized spacial score (nSPS) is 13.2. The molecule has 1 atom stereocenters. The molecule has 0 fully saturated rings. The Morgan fingerprint density at radius 1 is 1.33 bits per heavy atom. The van der Waals surface area contributed by atoms with Crippen LogP contribution in [0.2, 0.25) is 0 Å². The van der Waals surface area contributed by atoms with Gasteiger partial charge in [0.05, 0.1) is 12.6 Å². The van der Waals surface area contributed by atoms with Gasteiger partial charge in [-0.25, -0.2) is 4.79 Å². The zero-order valence-electron chi connectivity index (χ0n) is 13.2. The van der Waals surface area contributed by atoms with Crippen molar-refractivity contribution in [2.75, 3.05) is 6.61 Å². The van der Waals surface area contributed by atoms with Crippen LogP contribution in [0.5, 0.6) is 0 Å². The van der Waals surface area contributed by atoms with Crippen LogP contribution in [0.3, 0.4) is 0 Å². The van der Waals surface area contributed by atoms with E-state index in [2.05, 4.69) is 0 Å². The quantitative estimate of drug-likeness (QED) is 0.846. The second kappa shape index (κ2) is 7.84. The molecule has 1 amide bonds. The third-order valence-corrected chi connectivity index (χ3v) is 2.84. The number of carbonyl (C=O) groups excluding carboxylic acids is 1. The standard InChI is InChI=1S/C17H25NO3/c1-14(9-8-12-19)18(16(20)21-17(2,3)4)13-15-10-6-5-7-11-15/h5-11,14,19H,12-13H2,1-4H3/b9-8+/t14-/m0/s1. The van der Waals surface area contributed by atoms with Crippen LogP contribution in [0.4, 0.5) is 4.79 Å². The van der Waals surface area contributed by atoms with Crippen LogP contribution in [0.1, 0.15) is 33.3 Å². The molecule has 1 rings (SSSR count). The van der Waals surface area contributed by atoms with Gasteiger partial charge < -0.3 is 9.84 Å². The minimum Gasteiger partial charge on any atom is -0.444 e. The van der Waals surface area contributed by atoms with Gasteiger partial charge in [0.25, 0.3) is 0 Å². The van der Waals surface area contributed by atoms with E-state index < -0.39 is 5.60 Å². The number of carbonyl (C=O) groups is 1. The van der Waals surface area contributed by atoms with Gasteiger partial charge in [-0.05, 0) is 33.3 Å². The Hall–Kier alpha value is -1.81. The van der Waals surface area contributed by atoms with E-state index in [1.54, 1.807) is 17.1 Å². The molecule has 0 heterocycles. The van der Waals surface area contributed by atoms with Crippen LogP contribution in [0.15, 0.2) is 42.5 Å². The summed E-state index contributed by atoms with van der Waals surface area (Å²) < 4.78 is 5.46. The second-order valence-corrected chi connectivity index (χ2v) is 5.95. The van der Waals surface area contributed by atoms with Gasteiger partial charge in [0.2, 0.25) is 0 Å². The van der Waals surface area contributed by atoms with Crippen LogP contribution >= 0.6 is 0 Å². The third-order valence-electron chi connectivity index (χ3n) is 2.84. The molecule has 0 radical (unpaired) electrons. The molecular weight excluding hydrogens is 266 g/mol. The van der Waals surface area contributed by atoms with E-state index in [0.29, 0.717) is 6.54 Å². The van der Waals surface area contributed by atoms with Crippen molar-refractivity contribution in [1.29, 1.82) is 0 Å². The summed E-state index contributed by atoms with van der Waals surface area (Å²) in [5, 5.41) is 8.89. The van der Waals surface area contributed by atoms with Gasteiger partial charge in [0.1, 0.15) is 5.60 Å². The van der Waals surface area contributed by atoms with Gasteiger partial charge >= 0.3 is 6.09 Å². The van der Waals surface area contributed by atoms with Crippen molar-refractivity contribution in [3.63, 3.8) is 0 Å². The molecule has 0 saturated carbocycles. The number of hydrogen-bond donors (Lipinski definition) is 1. The Morgan fingerprint density at radius 2 is 1.95 bits per heavy atom. The SMILES string of the molecule is C[C@@H](/C=C/CO)N(Cc1ccccc1)C(=O)OC(C)(C)C. The fourth-order valence-corrected chi connectivity index (χ4v) is 1.84. The lowest BCUT2D eigenvalue weighted by atomic mass is 10.1. The highest BCUT2D eigenvalue weighted by Crippen LogP contribution is 2.15. The van der Waals surface area contributed by atoms with Crippen molar-refractivity contribution < 1.29 is 14.6 Å². The largest absolute Gasteiger partial charge is 0.444 e. The molecule has 0 unspecified atom stereocenters. The molecule has 116 valence electrons. The Kier molecular flexibility index (Phi) is 6.43. The zero-order chi connectivity index (χ0) is 15.9. The van der Waals surface area contributed by atoms with Crippen molar-refractivity contribution in [3.8, 4) is 0 Å². The molecule has 1 aromatic carbocycles. The molecule has 1 N–H and O–H groups in total. The first-order valence-electron chi connectivity index (χ1n) is 7.14. The summed E-state index contributed by atoms with van der Waals surface area (Å²) in [5.74, 6) is 0. The maximum absolute atomic E-state index is 12.4. The molecule has 0 aromatic heterocycles. The number of rotatable bonds is 5. The van der Waals surface area contributed by atoms with Crippen molar-refractivity contribution in [1.82, 2.24) is 4.90 Å². The van der Waals surface area contributed by atoms with Gasteiger partial charge in [0.15, 0.2) is 0 Å². The van der Waals surface area contributed by atoms with E-state index in [-0.39, 0.29) is 18.7 Å². The van der Waals surface area contributed by atoms with E-state index in [9.17, 15) is 4.79 Å². The van der Waals surface area contributed by atoms with Crippen LogP contribution < -0.4 is 0 Å². The summed E-state index contributed by atoms with van der Waals surface area (Å²) in [5.41, 5.74) is 0.500. The van der Waals surface area contributed by atoms with Crippen molar-refractivity contribution in [2.45, 2.75) is 45.9 Å². The highest BCUT2D eigenvalue weighted by molar-refractivity contribution is 5.69. The van der Waals surface area contributed by atoms with E-state index in [1.165, 1.54) is 0 Å². The molecule has 4 nitrogen and oxygen atoms in total. The maximum atomic E-state index is 12.4. The minimum atomic E-state index is -0.535. The highest BCUT2D eigenvalue weighted by atomic mass is 16.6. The summed E-state index contributed by atoms with van der Waals surface area (Å²) in [6, 6.07) is 9.61. The van der Waals surface area contributed by atoms with Gasteiger partial charge in [0, 0.05) is 6.54 Å². The fraction of sp³-hybridized carbons (Fsp3) is 0.471. The van der Waals surface area contributed by atoms with E-state index in [4.69, 9.17) is 9.84 Å². The van der Waals surface area contributed by atoms with Crippen LogP contribution in [-0.4, -0.2) is 34.3 Å². The fourth-order valence-electron chi connectivity index (χ4n) is 1.84. The zero-order valence-corrected chi connectivity index (χ0v) is 13.2. The molecule has 1 aromatic rings. The lowest BCUT2D eigenvalue weighted by Gasteiger charge is -2.30. The number of hydrogen-bond acceptors (Lipinski definition) is 3. The van der Waals surface area contributed by atoms with Gasteiger partial charge in [-0.3, -0.25) is 4.90 Å². The molecular formula is C17H25NO3. The first-order chi connectivity index (χ1) is 9.83. The predicted molar refractivity (Wildman–Crippen MR) is 83.9 cm³/mol. The first-order valence-corrected chi connectivity index (χ1v) is 7.14. The number of ether oxygens (including phenoxy) is 1.